The van der Waals surface area contributed by atoms with Crippen LogP contribution in [0.5, 0.6) is 0 Å². The van der Waals surface area contributed by atoms with Crippen LogP contribution in [0, 0.1) is 13.8 Å². The van der Waals surface area contributed by atoms with Crippen LogP contribution in [-0.2, 0) is 16.0 Å². The minimum atomic E-state index is -0.0290. The number of nitrogens with zero attached hydrogens (tertiary/aromatic N) is 1. The van der Waals surface area contributed by atoms with Gasteiger partial charge in [-0.2, -0.15) is 0 Å². The zero-order valence-electron chi connectivity index (χ0n) is 12.9. The summed E-state index contributed by atoms with van der Waals surface area (Å²) in [5, 5.41) is 6.71. The molecule has 0 unspecified atom stereocenters. The Labute approximate surface area is 125 Å². The number of hydrogen-bond donors (Lipinski definition) is 2. The number of aromatic nitrogens is 1. The molecule has 1 saturated carbocycles. The molecule has 1 aromatic heterocycles. The molecular weight excluding hydrogens is 270 g/mol. The van der Waals surface area contributed by atoms with Crippen LogP contribution in [-0.4, -0.2) is 36.4 Å². The van der Waals surface area contributed by atoms with E-state index in [1.807, 2.05) is 13.8 Å². The molecule has 0 spiro atoms. The number of aryl methyl sites for hydroxylation is 2. The normalized spacial score (nSPS) is 22.2. The Balaban J connectivity index is 1.61. The Morgan fingerprint density at radius 1 is 1.38 bits per heavy atom. The minimum Gasteiger partial charge on any atom is -0.376 e. The van der Waals surface area contributed by atoms with E-state index >= 15 is 0 Å². The van der Waals surface area contributed by atoms with E-state index in [4.69, 9.17) is 15.0 Å². The lowest BCUT2D eigenvalue weighted by atomic mass is 9.94. The van der Waals surface area contributed by atoms with Crippen molar-refractivity contribution in [1.82, 2.24) is 10.5 Å². The van der Waals surface area contributed by atoms with Gasteiger partial charge < -0.3 is 20.3 Å². The molecule has 2 rings (SSSR count). The smallest absolute Gasteiger partial charge is 0.224 e. The highest BCUT2D eigenvalue weighted by molar-refractivity contribution is 5.78. The van der Waals surface area contributed by atoms with Crippen molar-refractivity contribution in [2.24, 2.45) is 5.73 Å². The first-order valence-electron chi connectivity index (χ1n) is 7.62. The fourth-order valence-corrected chi connectivity index (χ4v) is 2.65. The molecule has 6 nitrogen and oxygen atoms in total. The molecule has 1 aromatic rings. The predicted molar refractivity (Wildman–Crippen MR) is 78.9 cm³/mol. The van der Waals surface area contributed by atoms with Gasteiger partial charge in [-0.05, 0) is 39.5 Å². The molecule has 1 amide bonds. The molecule has 0 radical (unpaired) electrons. The van der Waals surface area contributed by atoms with Gasteiger partial charge in [-0.1, -0.05) is 5.16 Å². The van der Waals surface area contributed by atoms with Gasteiger partial charge in [0, 0.05) is 18.2 Å². The topological polar surface area (TPSA) is 90.4 Å². The van der Waals surface area contributed by atoms with Gasteiger partial charge in [0.25, 0.3) is 0 Å². The Morgan fingerprint density at radius 3 is 2.71 bits per heavy atom. The summed E-state index contributed by atoms with van der Waals surface area (Å²) >= 11 is 0. The second-order valence-corrected chi connectivity index (χ2v) is 5.74. The van der Waals surface area contributed by atoms with Crippen molar-refractivity contribution in [3.63, 3.8) is 0 Å². The number of carbonyl (C=O) groups is 1. The molecule has 3 N–H and O–H groups in total. The molecule has 0 atom stereocenters. The second kappa shape index (κ2) is 7.56. The van der Waals surface area contributed by atoms with Crippen LogP contribution in [0.2, 0.25) is 0 Å². The summed E-state index contributed by atoms with van der Waals surface area (Å²) in [4.78, 5) is 11.9. The van der Waals surface area contributed by atoms with Crippen LogP contribution < -0.4 is 11.1 Å². The van der Waals surface area contributed by atoms with Crippen molar-refractivity contribution in [3.8, 4) is 0 Å². The number of amides is 1. The maximum absolute atomic E-state index is 11.9. The van der Waals surface area contributed by atoms with Crippen molar-refractivity contribution in [2.75, 3.05) is 13.2 Å². The first-order valence-corrected chi connectivity index (χ1v) is 7.62. The third kappa shape index (κ3) is 4.82. The molecule has 0 aliphatic heterocycles. The van der Waals surface area contributed by atoms with Gasteiger partial charge in [-0.25, -0.2) is 0 Å². The quantitative estimate of drug-likeness (QED) is 0.771. The minimum absolute atomic E-state index is 0.0290. The monoisotopic (exact) mass is 295 g/mol. The average Bonchev–Trinajstić information content (AvgIpc) is 2.77. The molecule has 0 bridgehead atoms. The molecule has 6 heteroatoms. The van der Waals surface area contributed by atoms with Crippen LogP contribution in [0.15, 0.2) is 4.52 Å². The summed E-state index contributed by atoms with van der Waals surface area (Å²) in [6, 6.07) is 0.333. The maximum Gasteiger partial charge on any atom is 0.224 e. The molecule has 118 valence electrons. The van der Waals surface area contributed by atoms with E-state index in [0.717, 1.165) is 36.9 Å². The van der Waals surface area contributed by atoms with Gasteiger partial charge in [-0.3, -0.25) is 4.79 Å². The van der Waals surface area contributed by atoms with Crippen molar-refractivity contribution >= 4 is 5.91 Å². The van der Waals surface area contributed by atoms with E-state index in [1.165, 1.54) is 0 Å². The molecule has 1 aliphatic rings. The van der Waals surface area contributed by atoms with Crippen LogP contribution in [0.3, 0.4) is 0 Å². The van der Waals surface area contributed by atoms with Crippen LogP contribution in [0.25, 0.3) is 0 Å². The van der Waals surface area contributed by atoms with Gasteiger partial charge in [0.2, 0.25) is 5.91 Å². The first kappa shape index (κ1) is 16.0. The zero-order chi connectivity index (χ0) is 15.2. The summed E-state index contributed by atoms with van der Waals surface area (Å²) < 4.78 is 10.8. The van der Waals surface area contributed by atoms with Gasteiger partial charge in [0.05, 0.1) is 24.8 Å². The summed E-state index contributed by atoms with van der Waals surface area (Å²) in [6.45, 7) is 4.74. The SMILES string of the molecule is Cc1noc(C)c1CC(=O)NCCOC1CCC(N)CC1. The summed E-state index contributed by atoms with van der Waals surface area (Å²) in [7, 11) is 0. The fourth-order valence-electron chi connectivity index (χ4n) is 2.65. The third-order valence-electron chi connectivity index (χ3n) is 4.02. The first-order chi connectivity index (χ1) is 10.1. The van der Waals surface area contributed by atoms with Gasteiger partial charge in [0.15, 0.2) is 0 Å². The standard InChI is InChI=1S/C15H25N3O3/c1-10-14(11(2)21-18-10)9-15(19)17-7-8-20-13-5-3-12(16)4-6-13/h12-13H,3-9,16H2,1-2H3,(H,17,19). The van der Waals surface area contributed by atoms with E-state index < -0.39 is 0 Å². The van der Waals surface area contributed by atoms with E-state index in [2.05, 4.69) is 10.5 Å². The summed E-state index contributed by atoms with van der Waals surface area (Å²) in [6.07, 6.45) is 4.71. The van der Waals surface area contributed by atoms with E-state index in [9.17, 15) is 4.79 Å². The fraction of sp³-hybridized carbons (Fsp3) is 0.733. The van der Waals surface area contributed by atoms with Crippen molar-refractivity contribution < 1.29 is 14.1 Å². The highest BCUT2D eigenvalue weighted by Gasteiger charge is 2.18. The maximum atomic E-state index is 11.9. The molecule has 1 fully saturated rings. The Kier molecular flexibility index (Phi) is 5.76. The molecule has 21 heavy (non-hydrogen) atoms. The van der Waals surface area contributed by atoms with Gasteiger partial charge >= 0.3 is 0 Å². The van der Waals surface area contributed by atoms with Crippen LogP contribution in [0.1, 0.15) is 42.7 Å². The Morgan fingerprint density at radius 2 is 2.10 bits per heavy atom. The molecule has 0 saturated heterocycles. The summed E-state index contributed by atoms with van der Waals surface area (Å²) in [5.41, 5.74) is 7.50. The van der Waals surface area contributed by atoms with Crippen molar-refractivity contribution in [3.05, 3.63) is 17.0 Å². The Hall–Kier alpha value is -1.40. The highest BCUT2D eigenvalue weighted by Crippen LogP contribution is 2.19. The van der Waals surface area contributed by atoms with E-state index in [1.54, 1.807) is 0 Å². The predicted octanol–water partition coefficient (Wildman–Crippen LogP) is 1.24. The van der Waals surface area contributed by atoms with E-state index in [0.29, 0.717) is 37.5 Å². The number of rotatable bonds is 6. The number of hydrogen-bond acceptors (Lipinski definition) is 5. The summed E-state index contributed by atoms with van der Waals surface area (Å²) in [5.74, 6) is 0.677. The number of ether oxygens (including phenoxy) is 1. The van der Waals surface area contributed by atoms with Crippen molar-refractivity contribution in [2.45, 2.75) is 58.1 Å². The highest BCUT2D eigenvalue weighted by atomic mass is 16.5. The lowest BCUT2D eigenvalue weighted by Gasteiger charge is -2.26. The zero-order valence-corrected chi connectivity index (χ0v) is 12.9. The number of carbonyl (C=O) groups excluding carboxylic acids is 1. The lowest BCUT2D eigenvalue weighted by Crippen LogP contribution is -2.33. The van der Waals surface area contributed by atoms with Gasteiger partial charge in [0.1, 0.15) is 5.76 Å². The molecular formula is C15H25N3O3. The van der Waals surface area contributed by atoms with Crippen molar-refractivity contribution in [1.29, 1.82) is 0 Å². The Bertz CT molecular complexity index is 445. The number of nitrogens with one attached hydrogen (secondary N) is 1. The number of nitrogens with two attached hydrogens (primary N) is 1. The lowest BCUT2D eigenvalue weighted by molar-refractivity contribution is -0.120. The largest absolute Gasteiger partial charge is 0.376 e. The molecule has 1 aliphatic carbocycles. The second-order valence-electron chi connectivity index (χ2n) is 5.74. The molecule has 1 heterocycles. The average molecular weight is 295 g/mol. The van der Waals surface area contributed by atoms with Gasteiger partial charge in [-0.15, -0.1) is 0 Å². The molecule has 0 aromatic carbocycles. The van der Waals surface area contributed by atoms with E-state index in [-0.39, 0.29) is 5.91 Å². The third-order valence-corrected chi connectivity index (χ3v) is 4.02. The van der Waals surface area contributed by atoms with Crippen LogP contribution in [0.4, 0.5) is 0 Å². The van der Waals surface area contributed by atoms with Crippen LogP contribution >= 0.6 is 0 Å².